The van der Waals surface area contributed by atoms with Crippen molar-refractivity contribution < 1.29 is 24.5 Å². The van der Waals surface area contributed by atoms with E-state index in [2.05, 4.69) is 56.5 Å². The van der Waals surface area contributed by atoms with E-state index in [1.165, 1.54) is 45.3 Å². The Bertz CT molecular complexity index is 1690. The molecule has 2 N–H and O–H groups in total. The van der Waals surface area contributed by atoms with Gasteiger partial charge < -0.3 is 19.7 Å². The maximum Gasteiger partial charge on any atom is 0.338 e. The molecule has 0 amide bonds. The number of rotatable bonds is 19. The van der Waals surface area contributed by atoms with Crippen LogP contribution in [0.2, 0.25) is 0 Å². The molecule has 8 nitrogen and oxygen atoms in total. The van der Waals surface area contributed by atoms with Crippen molar-refractivity contribution >= 4 is 5.97 Å². The van der Waals surface area contributed by atoms with Gasteiger partial charge in [0.25, 0.3) is 0 Å². The molecule has 0 saturated carbocycles. The predicted molar refractivity (Wildman–Crippen MR) is 205 cm³/mol. The molecule has 4 aromatic rings. The zero-order valence-corrected chi connectivity index (χ0v) is 31.6. The molecule has 1 heterocycles. The average molecular weight is 696 g/mol. The first-order valence-corrected chi connectivity index (χ1v) is 18.6. The summed E-state index contributed by atoms with van der Waals surface area (Å²) in [6.07, 6.45) is 9.54. The average Bonchev–Trinajstić information content (AvgIpc) is 3.11. The number of hydrogen-bond acceptors (Lipinski definition) is 8. The number of hydrogen-bond donors (Lipinski definition) is 2. The van der Waals surface area contributed by atoms with Crippen LogP contribution < -0.4 is 4.74 Å². The van der Waals surface area contributed by atoms with Crippen molar-refractivity contribution in [2.45, 2.75) is 92.9 Å². The Kier molecular flexibility index (Phi) is 14.8. The van der Waals surface area contributed by atoms with Crippen LogP contribution in [0.4, 0.5) is 0 Å². The molecule has 0 aliphatic rings. The topological polar surface area (TPSA) is 115 Å². The molecule has 8 heteroatoms. The van der Waals surface area contributed by atoms with E-state index in [1.54, 1.807) is 60.7 Å². The van der Waals surface area contributed by atoms with Crippen LogP contribution in [0.1, 0.15) is 103 Å². The fraction of sp³-hybridized carbons (Fsp3) is 0.488. The van der Waals surface area contributed by atoms with Crippen molar-refractivity contribution in [1.82, 2.24) is 15.0 Å². The quantitative estimate of drug-likeness (QED) is 0.0932. The number of aromatic nitrogens is 3. The van der Waals surface area contributed by atoms with E-state index in [0.29, 0.717) is 64.1 Å². The fourth-order valence-electron chi connectivity index (χ4n) is 6.39. The van der Waals surface area contributed by atoms with Gasteiger partial charge in [-0.25, -0.2) is 19.7 Å². The molecule has 0 saturated heterocycles. The molecule has 0 aliphatic carbocycles. The van der Waals surface area contributed by atoms with Crippen LogP contribution in [0.15, 0.2) is 66.7 Å². The lowest BCUT2D eigenvalue weighted by atomic mass is 9.83. The lowest BCUT2D eigenvalue weighted by Gasteiger charge is -2.25. The van der Waals surface area contributed by atoms with Crippen LogP contribution in [0.25, 0.3) is 34.2 Å². The fourth-order valence-corrected chi connectivity index (χ4v) is 6.39. The summed E-state index contributed by atoms with van der Waals surface area (Å²) in [6, 6.07) is 18.7. The first kappa shape index (κ1) is 39.3. The highest BCUT2D eigenvalue weighted by molar-refractivity contribution is 5.90. The van der Waals surface area contributed by atoms with Gasteiger partial charge in [-0.1, -0.05) is 111 Å². The molecule has 0 aliphatic heterocycles. The third kappa shape index (κ3) is 11.8. The van der Waals surface area contributed by atoms with Gasteiger partial charge in [-0.3, -0.25) is 0 Å². The van der Waals surface area contributed by atoms with Crippen molar-refractivity contribution in [1.29, 1.82) is 0 Å². The number of benzene rings is 3. The summed E-state index contributed by atoms with van der Waals surface area (Å²) in [4.78, 5) is 27.3. The molecule has 0 radical (unpaired) electrons. The maximum absolute atomic E-state index is 13.3. The number of para-hydroxylation sites is 1. The van der Waals surface area contributed by atoms with Gasteiger partial charge in [0.2, 0.25) is 0 Å². The van der Waals surface area contributed by atoms with E-state index in [9.17, 15) is 15.0 Å². The number of carbonyl (C=O) groups is 1. The molecule has 4 rings (SSSR count). The van der Waals surface area contributed by atoms with Gasteiger partial charge in [0.05, 0.1) is 30.4 Å². The molecule has 51 heavy (non-hydrogen) atoms. The third-order valence-electron chi connectivity index (χ3n) is 9.79. The Morgan fingerprint density at radius 1 is 0.667 bits per heavy atom. The van der Waals surface area contributed by atoms with E-state index < -0.39 is 0 Å². The zero-order valence-electron chi connectivity index (χ0n) is 31.6. The molecular weight excluding hydrogens is 638 g/mol. The number of aromatic hydroxyl groups is 2. The summed E-state index contributed by atoms with van der Waals surface area (Å²) in [5, 5.41) is 21.4. The third-order valence-corrected chi connectivity index (χ3v) is 9.79. The molecule has 0 fully saturated rings. The maximum atomic E-state index is 13.3. The Balaban J connectivity index is 1.51. The second-order valence-electron chi connectivity index (χ2n) is 15.0. The van der Waals surface area contributed by atoms with Crippen LogP contribution in [0.3, 0.4) is 0 Å². The Hall–Kier alpha value is -4.46. The number of ether oxygens (including phenoxy) is 2. The van der Waals surface area contributed by atoms with Gasteiger partial charge in [-0.2, -0.15) is 0 Å². The van der Waals surface area contributed by atoms with Crippen LogP contribution in [0.5, 0.6) is 17.2 Å². The van der Waals surface area contributed by atoms with E-state index in [-0.39, 0.29) is 29.1 Å². The van der Waals surface area contributed by atoms with Gasteiger partial charge >= 0.3 is 5.97 Å². The monoisotopic (exact) mass is 695 g/mol. The standard InChI is InChI=1S/C43H57N3O5/c1-28(2)12-10-14-30(5)18-19-34(31(6)15-11-13-29(3)4)27-51-43(49)33-22-20-32(21-23-33)40-44-41(36-16-8-9-17-38(36)47)46-42(45-40)37-25-24-35(50-7)26-39(37)48/h8-9,16-17,20-26,28-31,34,47-48H,10-15,18-19,27H2,1-7H3. The van der Waals surface area contributed by atoms with Crippen LogP contribution in [-0.2, 0) is 4.74 Å². The van der Waals surface area contributed by atoms with Crippen molar-refractivity contribution in [2.24, 2.45) is 29.6 Å². The molecular formula is C43H57N3O5. The van der Waals surface area contributed by atoms with E-state index >= 15 is 0 Å². The lowest BCUT2D eigenvalue weighted by molar-refractivity contribution is 0.0375. The van der Waals surface area contributed by atoms with Gasteiger partial charge in [0, 0.05) is 11.6 Å². The van der Waals surface area contributed by atoms with Crippen LogP contribution in [0, 0.1) is 29.6 Å². The minimum absolute atomic E-state index is 0.0192. The van der Waals surface area contributed by atoms with Crippen molar-refractivity contribution in [3.8, 4) is 51.4 Å². The zero-order chi connectivity index (χ0) is 36.9. The number of phenols is 2. The smallest absolute Gasteiger partial charge is 0.338 e. The van der Waals surface area contributed by atoms with E-state index in [0.717, 1.165) is 25.2 Å². The molecule has 0 bridgehead atoms. The SMILES string of the molecule is COc1ccc(-c2nc(-c3ccc(C(=O)OCC(CCC(C)CCCC(C)C)C(C)CCCC(C)C)cc3)nc(-c3ccccc3O)n2)c(O)c1. The minimum Gasteiger partial charge on any atom is -0.507 e. The lowest BCUT2D eigenvalue weighted by Crippen LogP contribution is -2.21. The summed E-state index contributed by atoms with van der Waals surface area (Å²) < 4.78 is 11.2. The molecule has 3 unspecified atom stereocenters. The second kappa shape index (κ2) is 19.2. The summed E-state index contributed by atoms with van der Waals surface area (Å²) in [5.41, 5.74) is 1.90. The Morgan fingerprint density at radius 2 is 1.27 bits per heavy atom. The van der Waals surface area contributed by atoms with Crippen molar-refractivity contribution in [3.63, 3.8) is 0 Å². The largest absolute Gasteiger partial charge is 0.507 e. The highest BCUT2D eigenvalue weighted by Gasteiger charge is 2.22. The van der Waals surface area contributed by atoms with Crippen LogP contribution >= 0.6 is 0 Å². The number of nitrogens with zero attached hydrogens (tertiary/aromatic N) is 3. The minimum atomic E-state index is -0.347. The number of esters is 1. The van der Waals surface area contributed by atoms with E-state index in [4.69, 9.17) is 9.47 Å². The van der Waals surface area contributed by atoms with Crippen molar-refractivity contribution in [3.05, 3.63) is 72.3 Å². The number of methoxy groups -OCH3 is 1. The van der Waals surface area contributed by atoms with Gasteiger partial charge in [0.1, 0.15) is 17.2 Å². The summed E-state index contributed by atoms with van der Waals surface area (Å²) >= 11 is 0. The summed E-state index contributed by atoms with van der Waals surface area (Å²) in [7, 11) is 1.52. The highest BCUT2D eigenvalue weighted by atomic mass is 16.5. The van der Waals surface area contributed by atoms with Crippen LogP contribution in [-0.4, -0.2) is 44.9 Å². The Labute approximate surface area is 304 Å². The predicted octanol–water partition coefficient (Wildman–Crippen LogP) is 10.8. The summed E-state index contributed by atoms with van der Waals surface area (Å²) in [5.74, 6) is 3.79. The normalized spacial score (nSPS) is 13.3. The number of phenolic OH excluding ortho intramolecular Hbond substituents is 2. The van der Waals surface area contributed by atoms with E-state index in [1.807, 2.05) is 0 Å². The first-order chi connectivity index (χ1) is 24.4. The van der Waals surface area contributed by atoms with Gasteiger partial charge in [-0.05, 0) is 72.4 Å². The van der Waals surface area contributed by atoms with Gasteiger partial charge in [-0.15, -0.1) is 0 Å². The number of carbonyl (C=O) groups excluding carboxylic acids is 1. The Morgan fingerprint density at radius 3 is 1.88 bits per heavy atom. The van der Waals surface area contributed by atoms with Gasteiger partial charge in [0.15, 0.2) is 17.5 Å². The van der Waals surface area contributed by atoms with Crippen molar-refractivity contribution in [2.75, 3.05) is 13.7 Å². The molecule has 3 aromatic carbocycles. The molecule has 3 atom stereocenters. The molecule has 0 spiro atoms. The summed E-state index contributed by atoms with van der Waals surface area (Å²) in [6.45, 7) is 14.2. The second-order valence-corrected chi connectivity index (χ2v) is 15.0. The first-order valence-electron chi connectivity index (χ1n) is 18.6. The molecule has 274 valence electrons. The molecule has 1 aromatic heterocycles. The highest BCUT2D eigenvalue weighted by Crippen LogP contribution is 2.34.